The Morgan fingerprint density at radius 1 is 1.16 bits per heavy atom. The molecule has 0 bridgehead atoms. The number of hydrogen-bond donors (Lipinski definition) is 0. The van der Waals surface area contributed by atoms with Gasteiger partial charge in [0.2, 0.25) is 0 Å². The first-order valence-corrected chi connectivity index (χ1v) is 7.41. The Balaban J connectivity index is 3.17. The van der Waals surface area contributed by atoms with Crippen LogP contribution in [0.15, 0.2) is 18.2 Å². The average molecular weight is 302 g/mol. The second-order valence-electron chi connectivity index (χ2n) is 4.76. The lowest BCUT2D eigenvalue weighted by Crippen LogP contribution is -2.51. The summed E-state index contributed by atoms with van der Waals surface area (Å²) in [5.41, 5.74) is 0.117. The number of hydrogen-bond acceptors (Lipinski definition) is 2. The molecule has 0 spiro atoms. The molecule has 1 unspecified atom stereocenters. The maximum absolute atomic E-state index is 12.8. The summed E-state index contributed by atoms with van der Waals surface area (Å²) < 4.78 is 0. The van der Waals surface area contributed by atoms with E-state index in [1.165, 1.54) is 0 Å². The molecule has 4 heteroatoms. The largest absolute Gasteiger partial charge is 0.292 e. The van der Waals surface area contributed by atoms with Crippen molar-refractivity contribution in [1.82, 2.24) is 4.90 Å². The van der Waals surface area contributed by atoms with E-state index in [2.05, 4.69) is 18.7 Å². The maximum atomic E-state index is 12.8. The van der Waals surface area contributed by atoms with Crippen LogP contribution in [0.5, 0.6) is 0 Å². The van der Waals surface area contributed by atoms with E-state index in [4.69, 9.17) is 23.2 Å². The Morgan fingerprint density at radius 3 is 2.16 bits per heavy atom. The van der Waals surface area contributed by atoms with Crippen molar-refractivity contribution in [2.75, 3.05) is 13.1 Å². The van der Waals surface area contributed by atoms with Crippen molar-refractivity contribution in [2.45, 2.75) is 39.7 Å². The summed E-state index contributed by atoms with van der Waals surface area (Å²) in [6.45, 7) is 9.85. The van der Waals surface area contributed by atoms with Crippen molar-refractivity contribution in [3.05, 3.63) is 33.8 Å². The van der Waals surface area contributed by atoms with Crippen LogP contribution in [0.25, 0.3) is 0 Å². The molecule has 0 saturated carbocycles. The van der Waals surface area contributed by atoms with Crippen molar-refractivity contribution < 1.29 is 4.79 Å². The van der Waals surface area contributed by atoms with E-state index in [1.54, 1.807) is 18.2 Å². The second kappa shape index (κ2) is 6.74. The van der Waals surface area contributed by atoms with E-state index < -0.39 is 5.54 Å². The highest BCUT2D eigenvalue weighted by molar-refractivity contribution is 6.42. The van der Waals surface area contributed by atoms with Crippen molar-refractivity contribution in [1.29, 1.82) is 0 Å². The number of carbonyl (C=O) groups is 1. The molecule has 0 radical (unpaired) electrons. The molecule has 1 aromatic rings. The van der Waals surface area contributed by atoms with Gasteiger partial charge < -0.3 is 0 Å². The number of carbonyl (C=O) groups excluding carboxylic acids is 1. The molecule has 0 saturated heterocycles. The zero-order valence-electron chi connectivity index (χ0n) is 12.0. The van der Waals surface area contributed by atoms with Crippen LogP contribution in [0.1, 0.15) is 44.5 Å². The lowest BCUT2D eigenvalue weighted by Gasteiger charge is -2.38. The molecule has 1 rings (SSSR count). The minimum Gasteiger partial charge on any atom is -0.292 e. The van der Waals surface area contributed by atoms with Crippen molar-refractivity contribution in [2.24, 2.45) is 0 Å². The van der Waals surface area contributed by atoms with Crippen LogP contribution < -0.4 is 0 Å². The van der Waals surface area contributed by atoms with Gasteiger partial charge in [-0.3, -0.25) is 9.69 Å². The highest BCUT2D eigenvalue weighted by Crippen LogP contribution is 2.28. The third-order valence-corrected chi connectivity index (χ3v) is 4.56. The summed E-state index contributed by atoms with van der Waals surface area (Å²) >= 11 is 11.9. The Kier molecular flexibility index (Phi) is 5.84. The number of likely N-dealkylation sites (N-methyl/N-ethyl adjacent to an activating group) is 1. The molecule has 0 aliphatic rings. The first-order chi connectivity index (χ1) is 8.90. The van der Waals surface area contributed by atoms with Gasteiger partial charge in [-0.15, -0.1) is 0 Å². The van der Waals surface area contributed by atoms with Crippen LogP contribution in [-0.4, -0.2) is 29.3 Å². The lowest BCUT2D eigenvalue weighted by atomic mass is 9.86. The number of benzene rings is 1. The van der Waals surface area contributed by atoms with E-state index in [0.29, 0.717) is 15.6 Å². The van der Waals surface area contributed by atoms with Gasteiger partial charge in [0, 0.05) is 5.56 Å². The van der Waals surface area contributed by atoms with E-state index in [9.17, 15) is 4.79 Å². The van der Waals surface area contributed by atoms with Gasteiger partial charge in [-0.1, -0.05) is 44.0 Å². The van der Waals surface area contributed by atoms with Gasteiger partial charge in [-0.2, -0.15) is 0 Å². The van der Waals surface area contributed by atoms with Gasteiger partial charge in [-0.25, -0.2) is 0 Å². The molecule has 0 heterocycles. The van der Waals surface area contributed by atoms with E-state index in [-0.39, 0.29) is 5.78 Å². The molecule has 0 fully saturated rings. The fraction of sp³-hybridized carbons (Fsp3) is 0.533. The predicted molar refractivity (Wildman–Crippen MR) is 82.4 cm³/mol. The van der Waals surface area contributed by atoms with Gasteiger partial charge in [0.15, 0.2) is 5.78 Å². The van der Waals surface area contributed by atoms with Gasteiger partial charge >= 0.3 is 0 Å². The summed E-state index contributed by atoms with van der Waals surface area (Å²) in [6, 6.07) is 5.08. The molecule has 2 nitrogen and oxygen atoms in total. The summed E-state index contributed by atoms with van der Waals surface area (Å²) in [4.78, 5) is 15.0. The first kappa shape index (κ1) is 16.5. The zero-order valence-corrected chi connectivity index (χ0v) is 13.5. The standard InChI is InChI=1S/C15H21Cl2NO/c1-5-15(4,18(6-2)7-3)14(19)11-8-9-12(16)13(17)10-11/h8-10H,5-7H2,1-4H3. The Hall–Kier alpha value is -0.570. The maximum Gasteiger partial charge on any atom is 0.182 e. The Bertz CT molecular complexity index is 457. The number of rotatable bonds is 6. The highest BCUT2D eigenvalue weighted by Gasteiger charge is 2.36. The monoisotopic (exact) mass is 301 g/mol. The van der Waals surface area contributed by atoms with Crippen LogP contribution in [0.3, 0.4) is 0 Å². The Labute approximate surface area is 125 Å². The predicted octanol–water partition coefficient (Wildman–Crippen LogP) is 4.69. The molecule has 0 aliphatic carbocycles. The van der Waals surface area contributed by atoms with Gasteiger partial charge in [0.05, 0.1) is 15.6 Å². The summed E-state index contributed by atoms with van der Waals surface area (Å²) in [5, 5.41) is 0.893. The topological polar surface area (TPSA) is 20.3 Å². The number of nitrogens with zero attached hydrogens (tertiary/aromatic N) is 1. The van der Waals surface area contributed by atoms with Crippen molar-refractivity contribution in [3.63, 3.8) is 0 Å². The average Bonchev–Trinajstić information content (AvgIpc) is 2.42. The second-order valence-corrected chi connectivity index (χ2v) is 5.57. The van der Waals surface area contributed by atoms with Crippen LogP contribution in [0, 0.1) is 0 Å². The highest BCUT2D eigenvalue weighted by atomic mass is 35.5. The first-order valence-electron chi connectivity index (χ1n) is 6.65. The van der Waals surface area contributed by atoms with Crippen molar-refractivity contribution in [3.8, 4) is 0 Å². The molecule has 106 valence electrons. The summed E-state index contributed by atoms with van der Waals surface area (Å²) in [5.74, 6) is 0.0947. The molecule has 0 N–H and O–H groups in total. The summed E-state index contributed by atoms with van der Waals surface area (Å²) in [7, 11) is 0. The van der Waals surface area contributed by atoms with Crippen LogP contribution in [-0.2, 0) is 0 Å². The lowest BCUT2D eigenvalue weighted by molar-refractivity contribution is 0.0608. The molecule has 1 atom stereocenters. The Morgan fingerprint density at radius 2 is 1.74 bits per heavy atom. The van der Waals surface area contributed by atoms with Crippen LogP contribution in [0.4, 0.5) is 0 Å². The van der Waals surface area contributed by atoms with E-state index in [1.807, 2.05) is 13.8 Å². The molecule has 0 amide bonds. The summed E-state index contributed by atoms with van der Waals surface area (Å²) in [6.07, 6.45) is 0.758. The fourth-order valence-corrected chi connectivity index (χ4v) is 2.70. The molecular formula is C15H21Cl2NO. The third kappa shape index (κ3) is 3.31. The molecular weight excluding hydrogens is 281 g/mol. The number of ketones is 1. The molecule has 1 aromatic carbocycles. The minimum atomic E-state index is -0.499. The normalized spacial score (nSPS) is 14.5. The molecule has 19 heavy (non-hydrogen) atoms. The smallest absolute Gasteiger partial charge is 0.182 e. The van der Waals surface area contributed by atoms with Gasteiger partial charge in [-0.05, 0) is 44.6 Å². The quantitative estimate of drug-likeness (QED) is 0.711. The van der Waals surface area contributed by atoms with Gasteiger partial charge in [0.1, 0.15) is 0 Å². The third-order valence-electron chi connectivity index (χ3n) is 3.82. The van der Waals surface area contributed by atoms with E-state index in [0.717, 1.165) is 19.5 Å². The minimum absolute atomic E-state index is 0.0947. The number of Topliss-reactive ketones (excluding diaryl/α,β-unsaturated/α-hetero) is 1. The zero-order chi connectivity index (χ0) is 14.6. The van der Waals surface area contributed by atoms with Crippen LogP contribution in [0.2, 0.25) is 10.0 Å². The fourth-order valence-electron chi connectivity index (χ4n) is 2.40. The van der Waals surface area contributed by atoms with E-state index >= 15 is 0 Å². The molecule has 0 aliphatic heterocycles. The SMILES string of the molecule is CCN(CC)C(C)(CC)C(=O)c1ccc(Cl)c(Cl)c1. The van der Waals surface area contributed by atoms with Crippen LogP contribution >= 0.6 is 23.2 Å². The van der Waals surface area contributed by atoms with Gasteiger partial charge in [0.25, 0.3) is 0 Å². The molecule has 0 aromatic heterocycles. The van der Waals surface area contributed by atoms with Crippen molar-refractivity contribution >= 4 is 29.0 Å². The number of halogens is 2.